The molecule has 0 bridgehead atoms. The normalized spacial score (nSPS) is 15.6. The Balaban J connectivity index is 1.56. The lowest BCUT2D eigenvalue weighted by Crippen LogP contribution is -2.44. The third kappa shape index (κ3) is 7.03. The van der Waals surface area contributed by atoms with E-state index < -0.39 is 11.7 Å². The molecular formula is C24H28F3N3O3. The van der Waals surface area contributed by atoms with Crippen molar-refractivity contribution in [3.63, 3.8) is 0 Å². The van der Waals surface area contributed by atoms with Crippen molar-refractivity contribution in [2.45, 2.75) is 25.6 Å². The third-order valence-electron chi connectivity index (χ3n) is 5.63. The van der Waals surface area contributed by atoms with Crippen LogP contribution in [0.25, 0.3) is 0 Å². The summed E-state index contributed by atoms with van der Waals surface area (Å²) in [4.78, 5) is 26.7. The largest absolute Gasteiger partial charge is 0.416 e. The summed E-state index contributed by atoms with van der Waals surface area (Å²) in [6, 6.07) is 12.0. The maximum Gasteiger partial charge on any atom is 0.416 e. The number of carbonyl (C=O) groups is 2. The number of carbonyl (C=O) groups excluding carboxylic acids is 2. The van der Waals surface area contributed by atoms with Crippen molar-refractivity contribution in [2.24, 2.45) is 0 Å². The molecule has 1 heterocycles. The molecule has 0 saturated carbocycles. The fourth-order valence-corrected chi connectivity index (χ4v) is 3.75. The van der Waals surface area contributed by atoms with Crippen LogP contribution < -0.4 is 10.6 Å². The number of benzene rings is 2. The first-order valence-corrected chi connectivity index (χ1v) is 10.8. The molecule has 0 spiro atoms. The summed E-state index contributed by atoms with van der Waals surface area (Å²) in [5.74, 6) is -0.484. The van der Waals surface area contributed by atoms with Gasteiger partial charge in [0.05, 0.1) is 24.8 Å². The van der Waals surface area contributed by atoms with Crippen LogP contribution in [0.4, 0.5) is 13.2 Å². The van der Waals surface area contributed by atoms with Crippen LogP contribution >= 0.6 is 0 Å². The summed E-state index contributed by atoms with van der Waals surface area (Å²) in [6.07, 6.45) is -4.30. The summed E-state index contributed by atoms with van der Waals surface area (Å²) in [7, 11) is 0. The van der Waals surface area contributed by atoms with Gasteiger partial charge in [0, 0.05) is 38.2 Å². The van der Waals surface area contributed by atoms with Crippen molar-refractivity contribution in [3.05, 3.63) is 70.8 Å². The van der Waals surface area contributed by atoms with Crippen molar-refractivity contribution in [1.82, 2.24) is 15.5 Å². The van der Waals surface area contributed by atoms with Crippen LogP contribution in [-0.2, 0) is 15.7 Å². The Labute approximate surface area is 191 Å². The Hall–Kier alpha value is -2.91. The average Bonchev–Trinajstić information content (AvgIpc) is 2.80. The second kappa shape index (κ2) is 11.3. The SMILES string of the molecule is Cc1ccccc1C(=O)NCCC(=O)NCC(c1ccc(C(F)(F)F)cc1)N1CCOCC1. The molecule has 2 aromatic carbocycles. The molecule has 6 nitrogen and oxygen atoms in total. The van der Waals surface area contributed by atoms with Crippen LogP contribution in [0.1, 0.15) is 39.5 Å². The summed E-state index contributed by atoms with van der Waals surface area (Å²) in [5, 5.41) is 5.59. The second-order valence-corrected chi connectivity index (χ2v) is 7.91. The highest BCUT2D eigenvalue weighted by atomic mass is 19.4. The van der Waals surface area contributed by atoms with Crippen LogP contribution in [0.15, 0.2) is 48.5 Å². The lowest BCUT2D eigenvalue weighted by molar-refractivity contribution is -0.137. The molecule has 0 aromatic heterocycles. The molecule has 178 valence electrons. The fourth-order valence-electron chi connectivity index (χ4n) is 3.75. The number of nitrogens with zero attached hydrogens (tertiary/aromatic N) is 1. The van der Waals surface area contributed by atoms with E-state index in [0.29, 0.717) is 37.4 Å². The quantitative estimate of drug-likeness (QED) is 0.630. The number of aryl methyl sites for hydroxylation is 1. The molecule has 0 radical (unpaired) electrons. The first-order chi connectivity index (χ1) is 15.8. The molecule has 2 aromatic rings. The van der Waals surface area contributed by atoms with Crippen molar-refractivity contribution >= 4 is 11.8 Å². The molecule has 1 atom stereocenters. The lowest BCUT2D eigenvalue weighted by Gasteiger charge is -2.35. The van der Waals surface area contributed by atoms with Gasteiger partial charge in [-0.3, -0.25) is 14.5 Å². The van der Waals surface area contributed by atoms with Crippen molar-refractivity contribution in [2.75, 3.05) is 39.4 Å². The molecular weight excluding hydrogens is 435 g/mol. The van der Waals surface area contributed by atoms with E-state index in [0.717, 1.165) is 17.7 Å². The van der Waals surface area contributed by atoms with Gasteiger partial charge in [0.1, 0.15) is 0 Å². The van der Waals surface area contributed by atoms with Gasteiger partial charge in [-0.05, 0) is 36.2 Å². The number of nitrogens with one attached hydrogen (secondary N) is 2. The molecule has 2 amide bonds. The Morgan fingerprint density at radius 1 is 1.03 bits per heavy atom. The van der Waals surface area contributed by atoms with Crippen LogP contribution in [0.3, 0.4) is 0 Å². The lowest BCUT2D eigenvalue weighted by atomic mass is 10.0. The fraction of sp³-hybridized carbons (Fsp3) is 0.417. The maximum absolute atomic E-state index is 12.9. The zero-order valence-electron chi connectivity index (χ0n) is 18.5. The average molecular weight is 464 g/mol. The first-order valence-electron chi connectivity index (χ1n) is 10.8. The Kier molecular flexibility index (Phi) is 8.46. The summed E-state index contributed by atoms with van der Waals surface area (Å²) < 4.78 is 44.1. The number of amides is 2. The molecule has 9 heteroatoms. The highest BCUT2D eigenvalue weighted by Crippen LogP contribution is 2.31. The Bertz CT molecular complexity index is 942. The van der Waals surface area contributed by atoms with Crippen LogP contribution in [-0.4, -0.2) is 56.1 Å². The summed E-state index contributed by atoms with van der Waals surface area (Å²) in [6.45, 7) is 4.56. The van der Waals surface area contributed by atoms with Crippen LogP contribution in [0, 0.1) is 6.92 Å². The smallest absolute Gasteiger partial charge is 0.379 e. The van der Waals surface area contributed by atoms with E-state index in [-0.39, 0.29) is 37.4 Å². The molecule has 0 aliphatic carbocycles. The van der Waals surface area contributed by atoms with E-state index in [9.17, 15) is 22.8 Å². The molecule has 1 aliphatic rings. The monoisotopic (exact) mass is 463 g/mol. The van der Waals surface area contributed by atoms with E-state index in [4.69, 9.17) is 4.74 Å². The van der Waals surface area contributed by atoms with E-state index >= 15 is 0 Å². The van der Waals surface area contributed by atoms with Gasteiger partial charge in [-0.1, -0.05) is 30.3 Å². The van der Waals surface area contributed by atoms with Gasteiger partial charge in [0.2, 0.25) is 5.91 Å². The molecule has 1 aliphatic heterocycles. The minimum atomic E-state index is -4.40. The second-order valence-electron chi connectivity index (χ2n) is 7.91. The first kappa shape index (κ1) is 24.7. The minimum Gasteiger partial charge on any atom is -0.379 e. The topological polar surface area (TPSA) is 70.7 Å². The molecule has 1 saturated heterocycles. The molecule has 3 rings (SSSR count). The predicted molar refractivity (Wildman–Crippen MR) is 118 cm³/mol. The summed E-state index contributed by atoms with van der Waals surface area (Å²) in [5.41, 5.74) is 1.40. The zero-order valence-corrected chi connectivity index (χ0v) is 18.5. The van der Waals surface area contributed by atoms with Crippen LogP contribution in [0.2, 0.25) is 0 Å². The van der Waals surface area contributed by atoms with Crippen molar-refractivity contribution < 1.29 is 27.5 Å². The summed E-state index contributed by atoms with van der Waals surface area (Å²) >= 11 is 0. The maximum atomic E-state index is 12.9. The van der Waals surface area contributed by atoms with Gasteiger partial charge in [0.15, 0.2) is 0 Å². The predicted octanol–water partition coefficient (Wildman–Crippen LogP) is 3.32. The highest BCUT2D eigenvalue weighted by molar-refractivity contribution is 5.95. The van der Waals surface area contributed by atoms with E-state index in [2.05, 4.69) is 15.5 Å². The van der Waals surface area contributed by atoms with Crippen molar-refractivity contribution in [1.29, 1.82) is 0 Å². The number of ether oxygens (including phenoxy) is 1. The number of alkyl halides is 3. The number of hydrogen-bond acceptors (Lipinski definition) is 4. The third-order valence-corrected chi connectivity index (χ3v) is 5.63. The number of rotatable bonds is 8. The highest BCUT2D eigenvalue weighted by Gasteiger charge is 2.31. The molecule has 2 N–H and O–H groups in total. The molecule has 33 heavy (non-hydrogen) atoms. The number of hydrogen-bond donors (Lipinski definition) is 2. The molecule has 1 fully saturated rings. The van der Waals surface area contributed by atoms with Gasteiger partial charge in [-0.2, -0.15) is 13.2 Å². The van der Waals surface area contributed by atoms with Gasteiger partial charge in [-0.25, -0.2) is 0 Å². The van der Waals surface area contributed by atoms with Crippen LogP contribution in [0.5, 0.6) is 0 Å². The van der Waals surface area contributed by atoms with Gasteiger partial charge >= 0.3 is 6.18 Å². The number of morpholine rings is 1. The van der Waals surface area contributed by atoms with E-state index in [1.54, 1.807) is 12.1 Å². The zero-order chi connectivity index (χ0) is 23.8. The van der Waals surface area contributed by atoms with Gasteiger partial charge < -0.3 is 15.4 Å². The molecule has 1 unspecified atom stereocenters. The van der Waals surface area contributed by atoms with E-state index in [1.165, 1.54) is 12.1 Å². The van der Waals surface area contributed by atoms with E-state index in [1.807, 2.05) is 19.1 Å². The standard InChI is InChI=1S/C24H28F3N3O3/c1-17-4-2-3-5-20(17)23(32)28-11-10-22(31)29-16-21(30-12-14-33-15-13-30)18-6-8-19(9-7-18)24(25,26)27/h2-9,21H,10-16H2,1H3,(H,28,32)(H,29,31). The number of halogens is 3. The minimum absolute atomic E-state index is 0.0977. The van der Waals surface area contributed by atoms with Crippen molar-refractivity contribution in [3.8, 4) is 0 Å². The van der Waals surface area contributed by atoms with Gasteiger partial charge in [-0.15, -0.1) is 0 Å². The Morgan fingerprint density at radius 2 is 1.70 bits per heavy atom. The van der Waals surface area contributed by atoms with Gasteiger partial charge in [0.25, 0.3) is 5.91 Å². The Morgan fingerprint density at radius 3 is 2.33 bits per heavy atom.